The fraction of sp³-hybridized carbons (Fsp3) is 0.500. The van der Waals surface area contributed by atoms with Crippen molar-refractivity contribution in [2.45, 2.75) is 39.5 Å². The van der Waals surface area contributed by atoms with Crippen LogP contribution in [0.5, 0.6) is 11.5 Å². The number of ketones is 1. The predicted octanol–water partition coefficient (Wildman–Crippen LogP) is 2.98. The van der Waals surface area contributed by atoms with Gasteiger partial charge in [-0.1, -0.05) is 19.9 Å². The number of benzene rings is 1. The molecule has 9 heteroatoms. The first kappa shape index (κ1) is 26.3. The fourth-order valence-corrected chi connectivity index (χ4v) is 4.68. The number of carbonyl (C=O) groups excluding carboxylic acids is 3. The van der Waals surface area contributed by atoms with Crippen molar-refractivity contribution in [1.82, 2.24) is 5.32 Å². The molecule has 0 saturated carbocycles. The summed E-state index contributed by atoms with van der Waals surface area (Å²) in [5, 5.41) is 13.3. The summed E-state index contributed by atoms with van der Waals surface area (Å²) in [6.45, 7) is 6.44. The zero-order valence-electron chi connectivity index (χ0n) is 20.8. The molecule has 2 aliphatic rings. The lowest BCUT2D eigenvalue weighted by Gasteiger charge is -2.38. The minimum atomic E-state index is -0.986. The molecule has 0 amide bonds. The van der Waals surface area contributed by atoms with Crippen LogP contribution in [0.3, 0.4) is 0 Å². The van der Waals surface area contributed by atoms with E-state index in [-0.39, 0.29) is 36.2 Å². The molecular weight excluding hydrogens is 454 g/mol. The number of nitrogens with one attached hydrogen (secondary N) is 1. The molecule has 0 aromatic heterocycles. The van der Waals surface area contributed by atoms with Crippen LogP contribution in [-0.4, -0.2) is 56.9 Å². The summed E-state index contributed by atoms with van der Waals surface area (Å²) in [6.07, 6.45) is 1.28. The van der Waals surface area contributed by atoms with Gasteiger partial charge >= 0.3 is 11.9 Å². The van der Waals surface area contributed by atoms with Gasteiger partial charge in [0.25, 0.3) is 0 Å². The molecule has 1 aromatic rings. The van der Waals surface area contributed by atoms with Crippen LogP contribution < -0.4 is 10.1 Å². The first-order valence-corrected chi connectivity index (χ1v) is 11.7. The van der Waals surface area contributed by atoms with E-state index in [1.54, 1.807) is 19.1 Å². The van der Waals surface area contributed by atoms with Crippen LogP contribution >= 0.6 is 0 Å². The van der Waals surface area contributed by atoms with E-state index in [4.69, 9.17) is 18.9 Å². The Morgan fingerprint density at radius 3 is 2.57 bits per heavy atom. The number of aromatic hydroxyl groups is 1. The highest BCUT2D eigenvalue weighted by Gasteiger charge is 2.47. The van der Waals surface area contributed by atoms with E-state index in [2.05, 4.69) is 5.32 Å². The highest BCUT2D eigenvalue weighted by atomic mass is 16.6. The van der Waals surface area contributed by atoms with Gasteiger partial charge in [0.05, 0.1) is 26.4 Å². The van der Waals surface area contributed by atoms with Crippen molar-refractivity contribution in [3.8, 4) is 11.5 Å². The summed E-state index contributed by atoms with van der Waals surface area (Å²) in [6, 6.07) is 4.65. The molecule has 0 bridgehead atoms. The van der Waals surface area contributed by atoms with E-state index in [1.807, 2.05) is 13.8 Å². The number of esters is 2. The number of allylic oxidation sites excluding steroid dienone is 3. The normalized spacial score (nSPS) is 21.9. The summed E-state index contributed by atoms with van der Waals surface area (Å²) in [5.74, 6) is -3.58. The summed E-state index contributed by atoms with van der Waals surface area (Å²) in [5.41, 5.74) is 2.31. The largest absolute Gasteiger partial charge is 0.504 e. The number of phenols is 1. The van der Waals surface area contributed by atoms with Gasteiger partial charge in [-0.25, -0.2) is 4.79 Å². The van der Waals surface area contributed by atoms with Gasteiger partial charge in [-0.05, 0) is 43.4 Å². The van der Waals surface area contributed by atoms with Crippen molar-refractivity contribution in [3.05, 3.63) is 46.3 Å². The third kappa shape index (κ3) is 5.35. The van der Waals surface area contributed by atoms with Gasteiger partial charge in [-0.15, -0.1) is 0 Å². The van der Waals surface area contributed by atoms with E-state index in [0.29, 0.717) is 35.6 Å². The first-order chi connectivity index (χ1) is 16.7. The highest BCUT2D eigenvalue weighted by Crippen LogP contribution is 2.46. The van der Waals surface area contributed by atoms with Crippen molar-refractivity contribution in [3.63, 3.8) is 0 Å². The van der Waals surface area contributed by atoms with Crippen molar-refractivity contribution in [2.75, 3.05) is 34.0 Å². The lowest BCUT2D eigenvalue weighted by Crippen LogP contribution is -2.43. The number of methoxy groups -OCH3 is 2. The summed E-state index contributed by atoms with van der Waals surface area (Å²) in [7, 11) is 2.67. The average Bonchev–Trinajstić information content (AvgIpc) is 2.83. The highest BCUT2D eigenvalue weighted by molar-refractivity contribution is 6.12. The minimum Gasteiger partial charge on any atom is -0.504 e. The van der Waals surface area contributed by atoms with Crippen LogP contribution in [0.4, 0.5) is 0 Å². The van der Waals surface area contributed by atoms with Gasteiger partial charge in [0.2, 0.25) is 0 Å². The Bertz CT molecular complexity index is 1060. The summed E-state index contributed by atoms with van der Waals surface area (Å²) >= 11 is 0. The van der Waals surface area contributed by atoms with Crippen LogP contribution in [0, 0.1) is 11.8 Å². The summed E-state index contributed by atoms with van der Waals surface area (Å²) < 4.78 is 21.1. The van der Waals surface area contributed by atoms with Gasteiger partial charge in [-0.3, -0.25) is 9.59 Å². The van der Waals surface area contributed by atoms with Gasteiger partial charge in [0.15, 0.2) is 17.3 Å². The van der Waals surface area contributed by atoms with Crippen LogP contribution in [0.2, 0.25) is 0 Å². The quantitative estimate of drug-likeness (QED) is 0.308. The standard InChI is InChI=1S/C26H33NO8/c1-6-9-34-10-11-35-26(31)21-15(3)27-17-12-14(2)20(25(30)33-5)24(29)23(17)22(21)16-7-8-18(28)19(13-16)32-4/h7-8,13-14,20,22,27-28H,6,9-12H2,1-5H3/t14-,20+,22-/m1/s1. The monoisotopic (exact) mass is 487 g/mol. The molecule has 2 N–H and O–H groups in total. The molecular formula is C26H33NO8. The SMILES string of the molecule is CCCOCCOC(=O)C1=C(C)NC2=C(C(=O)[C@@H](C(=O)OC)[C@H](C)C2)[C@@H]1c1ccc(O)c(OC)c1. The molecule has 1 aliphatic carbocycles. The Morgan fingerprint density at radius 2 is 1.91 bits per heavy atom. The number of carbonyl (C=O) groups is 3. The Morgan fingerprint density at radius 1 is 1.17 bits per heavy atom. The zero-order chi connectivity index (χ0) is 25.7. The second-order valence-corrected chi connectivity index (χ2v) is 8.71. The number of dihydropyridines is 1. The number of ether oxygens (including phenoxy) is 4. The Balaban J connectivity index is 2.07. The fourth-order valence-electron chi connectivity index (χ4n) is 4.68. The second kappa shape index (κ2) is 11.4. The third-order valence-electron chi connectivity index (χ3n) is 6.31. The van der Waals surface area contributed by atoms with E-state index in [0.717, 1.165) is 6.42 Å². The van der Waals surface area contributed by atoms with Crippen molar-refractivity contribution < 1.29 is 38.4 Å². The average molecular weight is 488 g/mol. The molecule has 1 heterocycles. The van der Waals surface area contributed by atoms with Gasteiger partial charge in [0.1, 0.15) is 12.5 Å². The van der Waals surface area contributed by atoms with E-state index >= 15 is 0 Å². The van der Waals surface area contributed by atoms with Crippen molar-refractivity contribution in [1.29, 1.82) is 0 Å². The maximum Gasteiger partial charge on any atom is 0.336 e. The maximum atomic E-state index is 13.7. The topological polar surface area (TPSA) is 120 Å². The third-order valence-corrected chi connectivity index (χ3v) is 6.31. The molecule has 0 unspecified atom stereocenters. The molecule has 0 fully saturated rings. The summed E-state index contributed by atoms with van der Waals surface area (Å²) in [4.78, 5) is 39.5. The Hall–Kier alpha value is -3.33. The number of Topliss-reactive ketones (excluding diaryl/α,β-unsaturated/α-hetero) is 1. The molecule has 190 valence electrons. The van der Waals surface area contributed by atoms with Gasteiger partial charge in [0, 0.05) is 29.5 Å². The van der Waals surface area contributed by atoms with Crippen LogP contribution in [0.15, 0.2) is 40.7 Å². The molecule has 1 aromatic carbocycles. The molecule has 0 saturated heterocycles. The second-order valence-electron chi connectivity index (χ2n) is 8.71. The van der Waals surface area contributed by atoms with Crippen molar-refractivity contribution >= 4 is 17.7 Å². The van der Waals surface area contributed by atoms with Gasteiger partial charge < -0.3 is 29.4 Å². The van der Waals surface area contributed by atoms with E-state index in [1.165, 1.54) is 20.3 Å². The molecule has 35 heavy (non-hydrogen) atoms. The zero-order valence-corrected chi connectivity index (χ0v) is 20.8. The van der Waals surface area contributed by atoms with Crippen LogP contribution in [-0.2, 0) is 28.6 Å². The van der Waals surface area contributed by atoms with Crippen molar-refractivity contribution in [2.24, 2.45) is 11.8 Å². The minimum absolute atomic E-state index is 0.0584. The lowest BCUT2D eigenvalue weighted by atomic mass is 9.69. The molecule has 1 aliphatic heterocycles. The molecule has 0 spiro atoms. The molecule has 3 atom stereocenters. The van der Waals surface area contributed by atoms with E-state index in [9.17, 15) is 19.5 Å². The van der Waals surface area contributed by atoms with E-state index < -0.39 is 29.6 Å². The number of hydrogen-bond donors (Lipinski definition) is 2. The Kier molecular flexibility index (Phi) is 8.56. The molecule has 3 rings (SSSR count). The predicted molar refractivity (Wildman–Crippen MR) is 127 cm³/mol. The number of hydrogen-bond acceptors (Lipinski definition) is 9. The number of rotatable bonds is 9. The maximum absolute atomic E-state index is 13.7. The Labute approximate surface area is 205 Å². The molecule has 0 radical (unpaired) electrons. The lowest BCUT2D eigenvalue weighted by molar-refractivity contribution is -0.151. The smallest absolute Gasteiger partial charge is 0.336 e. The molecule has 9 nitrogen and oxygen atoms in total. The van der Waals surface area contributed by atoms with Gasteiger partial charge in [-0.2, -0.15) is 0 Å². The van der Waals surface area contributed by atoms with Crippen LogP contribution in [0.1, 0.15) is 45.1 Å². The van der Waals surface area contributed by atoms with Crippen LogP contribution in [0.25, 0.3) is 0 Å². The first-order valence-electron chi connectivity index (χ1n) is 11.7. The number of phenolic OH excluding ortho intramolecular Hbond substituents is 1.